The lowest BCUT2D eigenvalue weighted by molar-refractivity contribution is -0.137. The van der Waals surface area contributed by atoms with Gasteiger partial charge in [-0.25, -0.2) is 8.42 Å². The van der Waals surface area contributed by atoms with Gasteiger partial charge in [0.15, 0.2) is 0 Å². The quantitative estimate of drug-likeness (QED) is 0.244. The number of hydrogen-bond acceptors (Lipinski definition) is 5. The number of hydrogen-bond donors (Lipinski definition) is 0. The molecular formula is C31H29ClF3N3O3S2. The fourth-order valence-electron chi connectivity index (χ4n) is 6.08. The monoisotopic (exact) mass is 647 g/mol. The van der Waals surface area contributed by atoms with Crippen LogP contribution >= 0.6 is 22.9 Å². The lowest BCUT2D eigenvalue weighted by Gasteiger charge is -2.38. The number of aryl methyl sites for hydroxylation is 1. The minimum atomic E-state index is -4.43. The average molecular weight is 648 g/mol. The van der Waals surface area contributed by atoms with E-state index < -0.39 is 27.7 Å². The summed E-state index contributed by atoms with van der Waals surface area (Å²) < 4.78 is 70.3. The first kappa shape index (κ1) is 29.9. The molecule has 3 aromatic carbocycles. The van der Waals surface area contributed by atoms with Gasteiger partial charge in [-0.05, 0) is 59.8 Å². The predicted octanol–water partition coefficient (Wildman–Crippen LogP) is 6.64. The van der Waals surface area contributed by atoms with Crippen LogP contribution in [0.25, 0.3) is 10.1 Å². The van der Waals surface area contributed by atoms with E-state index in [1.165, 1.54) is 21.7 Å². The summed E-state index contributed by atoms with van der Waals surface area (Å²) in [4.78, 5) is 17.6. The first-order valence-corrected chi connectivity index (χ1v) is 16.5. The summed E-state index contributed by atoms with van der Waals surface area (Å²) in [5.74, 6) is -1.08. The molecule has 2 atom stereocenters. The summed E-state index contributed by atoms with van der Waals surface area (Å²) in [6, 6.07) is 20.0. The molecule has 0 radical (unpaired) electrons. The van der Waals surface area contributed by atoms with Crippen LogP contribution in [0.5, 0.6) is 0 Å². The highest BCUT2D eigenvalue weighted by Gasteiger charge is 2.46. The van der Waals surface area contributed by atoms with Crippen LogP contribution in [-0.4, -0.2) is 62.8 Å². The molecule has 2 unspecified atom stereocenters. The first-order valence-electron chi connectivity index (χ1n) is 13.9. The van der Waals surface area contributed by atoms with Gasteiger partial charge in [-0.2, -0.15) is 17.5 Å². The highest BCUT2D eigenvalue weighted by atomic mass is 35.5. The van der Waals surface area contributed by atoms with E-state index in [-0.39, 0.29) is 29.1 Å². The number of rotatable bonds is 5. The SMILES string of the molecule is Cc1c(S(=O)(=O)N2CC(C(=O)N3CCN(c4cccc(C(F)(F)F)c4)CC3)C(c3ccccc3)C2)sc2ccc(Cl)cc12. The van der Waals surface area contributed by atoms with Crippen LogP contribution < -0.4 is 4.90 Å². The van der Waals surface area contributed by atoms with Gasteiger partial charge >= 0.3 is 6.18 Å². The highest BCUT2D eigenvalue weighted by Crippen LogP contribution is 2.42. The van der Waals surface area contributed by atoms with Crippen molar-refractivity contribution in [2.24, 2.45) is 5.92 Å². The molecule has 0 N–H and O–H groups in total. The third-order valence-corrected chi connectivity index (χ3v) is 12.3. The van der Waals surface area contributed by atoms with Crippen molar-refractivity contribution in [1.82, 2.24) is 9.21 Å². The number of sulfonamides is 1. The van der Waals surface area contributed by atoms with Crippen LogP contribution in [0.2, 0.25) is 5.02 Å². The molecule has 3 heterocycles. The molecule has 12 heteroatoms. The molecule has 6 nitrogen and oxygen atoms in total. The second kappa shape index (κ2) is 11.4. The lowest BCUT2D eigenvalue weighted by Crippen LogP contribution is -2.51. The smallest absolute Gasteiger partial charge is 0.368 e. The molecule has 0 saturated carbocycles. The number of carbonyl (C=O) groups excluding carboxylic acids is 1. The van der Waals surface area contributed by atoms with Crippen LogP contribution in [0, 0.1) is 12.8 Å². The number of anilines is 1. The van der Waals surface area contributed by atoms with Gasteiger partial charge < -0.3 is 9.80 Å². The molecular weight excluding hydrogens is 619 g/mol. The molecule has 0 aliphatic carbocycles. The van der Waals surface area contributed by atoms with Crippen LogP contribution in [0.4, 0.5) is 18.9 Å². The van der Waals surface area contributed by atoms with Gasteiger partial charge in [0.05, 0.1) is 11.5 Å². The number of nitrogens with zero attached hydrogens (tertiary/aromatic N) is 3. The van der Waals surface area contributed by atoms with Crippen LogP contribution in [0.3, 0.4) is 0 Å². The number of thiophene rings is 1. The van der Waals surface area contributed by atoms with Gasteiger partial charge in [-0.1, -0.05) is 48.0 Å². The topological polar surface area (TPSA) is 60.9 Å². The maximum atomic E-state index is 14.0. The molecule has 6 rings (SSSR count). The van der Waals surface area contributed by atoms with Crippen molar-refractivity contribution >= 4 is 54.6 Å². The fraction of sp³-hybridized carbons (Fsp3) is 0.323. The Kier molecular flexibility index (Phi) is 7.95. The van der Waals surface area contributed by atoms with E-state index in [1.807, 2.05) is 41.3 Å². The van der Waals surface area contributed by atoms with E-state index in [0.717, 1.165) is 27.8 Å². The van der Waals surface area contributed by atoms with Crippen molar-refractivity contribution in [1.29, 1.82) is 0 Å². The molecule has 2 aliphatic heterocycles. The standard InChI is InChI=1S/C31H29ClF3N3O3S2/c1-20-25-17-23(32)10-11-28(25)42-30(20)43(40,41)38-18-26(21-6-3-2-4-7-21)27(19-38)29(39)37-14-12-36(13-15-37)24-9-5-8-22(16-24)31(33,34)35/h2-11,16-17,26-27H,12-15,18-19H2,1H3. The number of benzene rings is 3. The van der Waals surface area contributed by atoms with Gasteiger partial charge in [0.1, 0.15) is 4.21 Å². The molecule has 4 aromatic rings. The molecule has 226 valence electrons. The van der Waals surface area contributed by atoms with E-state index in [4.69, 9.17) is 11.6 Å². The summed E-state index contributed by atoms with van der Waals surface area (Å²) in [7, 11) is -3.91. The summed E-state index contributed by atoms with van der Waals surface area (Å²) in [5.41, 5.74) is 1.28. The highest BCUT2D eigenvalue weighted by molar-refractivity contribution is 7.91. The molecule has 0 bridgehead atoms. The number of amides is 1. The average Bonchev–Trinajstić information content (AvgIpc) is 3.60. The van der Waals surface area contributed by atoms with E-state index in [0.29, 0.717) is 42.5 Å². The molecule has 2 saturated heterocycles. The molecule has 1 aromatic heterocycles. The zero-order valence-electron chi connectivity index (χ0n) is 23.2. The molecule has 0 spiro atoms. The fourth-order valence-corrected chi connectivity index (χ4v) is 9.63. The third kappa shape index (κ3) is 5.75. The van der Waals surface area contributed by atoms with E-state index >= 15 is 0 Å². The Morgan fingerprint density at radius 3 is 2.35 bits per heavy atom. The Balaban J connectivity index is 1.23. The predicted molar refractivity (Wildman–Crippen MR) is 163 cm³/mol. The number of carbonyl (C=O) groups is 1. The van der Waals surface area contributed by atoms with Crippen LogP contribution in [0.1, 0.15) is 22.6 Å². The van der Waals surface area contributed by atoms with Gasteiger partial charge in [-0.3, -0.25) is 4.79 Å². The number of piperazine rings is 1. The van der Waals surface area contributed by atoms with E-state index in [1.54, 1.807) is 30.0 Å². The van der Waals surface area contributed by atoms with Gasteiger partial charge in [0.2, 0.25) is 5.91 Å². The Hall–Kier alpha value is -3.12. The van der Waals surface area contributed by atoms with E-state index in [9.17, 15) is 26.4 Å². The zero-order chi connectivity index (χ0) is 30.5. The maximum Gasteiger partial charge on any atom is 0.416 e. The number of fused-ring (bicyclic) bond motifs is 1. The number of halogens is 4. The third-order valence-electron chi connectivity index (χ3n) is 8.39. The lowest BCUT2D eigenvalue weighted by atomic mass is 9.88. The molecule has 2 fully saturated rings. The first-order chi connectivity index (χ1) is 20.4. The summed E-state index contributed by atoms with van der Waals surface area (Å²) in [5, 5.41) is 1.32. The Morgan fingerprint density at radius 1 is 0.930 bits per heavy atom. The minimum Gasteiger partial charge on any atom is -0.368 e. The van der Waals surface area contributed by atoms with Crippen LogP contribution in [-0.2, 0) is 21.0 Å². The second-order valence-corrected chi connectivity index (χ2v) is 14.6. The van der Waals surface area contributed by atoms with Crippen molar-refractivity contribution in [2.45, 2.75) is 23.2 Å². The van der Waals surface area contributed by atoms with Crippen LogP contribution in [0.15, 0.2) is 77.0 Å². The number of alkyl halides is 3. The Bertz CT molecular complexity index is 1770. The summed E-state index contributed by atoms with van der Waals surface area (Å²) in [6.45, 7) is 3.40. The molecule has 43 heavy (non-hydrogen) atoms. The van der Waals surface area contributed by atoms with Crippen molar-refractivity contribution in [3.8, 4) is 0 Å². The Morgan fingerprint density at radius 2 is 1.65 bits per heavy atom. The maximum absolute atomic E-state index is 14.0. The normalized spacial score (nSPS) is 20.2. The van der Waals surface area contributed by atoms with Crippen molar-refractivity contribution in [3.05, 3.63) is 94.5 Å². The summed E-state index contributed by atoms with van der Waals surface area (Å²) >= 11 is 7.38. The van der Waals surface area contributed by atoms with E-state index in [2.05, 4.69) is 0 Å². The van der Waals surface area contributed by atoms with Crippen molar-refractivity contribution in [2.75, 3.05) is 44.2 Å². The second-order valence-electron chi connectivity index (χ2n) is 11.0. The van der Waals surface area contributed by atoms with Gasteiger partial charge in [-0.15, -0.1) is 11.3 Å². The largest absolute Gasteiger partial charge is 0.416 e. The molecule has 2 aliphatic rings. The van der Waals surface area contributed by atoms with Crippen molar-refractivity contribution < 1.29 is 26.4 Å². The van der Waals surface area contributed by atoms with Gasteiger partial charge in [0.25, 0.3) is 10.0 Å². The Labute approximate surface area is 257 Å². The minimum absolute atomic E-state index is 0.0447. The van der Waals surface area contributed by atoms with Crippen molar-refractivity contribution in [3.63, 3.8) is 0 Å². The van der Waals surface area contributed by atoms with Gasteiger partial charge in [0, 0.05) is 60.6 Å². The zero-order valence-corrected chi connectivity index (χ0v) is 25.6. The summed E-state index contributed by atoms with van der Waals surface area (Å²) in [6.07, 6.45) is -4.43. The molecule has 1 amide bonds.